The molecule has 1 atom stereocenters. The summed E-state index contributed by atoms with van der Waals surface area (Å²) < 4.78 is 5.18. The fraction of sp³-hybridized carbons (Fsp3) is 0.562. The molecular formula is C16H24O2. The summed E-state index contributed by atoms with van der Waals surface area (Å²) in [6.07, 6.45) is 4.79. The van der Waals surface area contributed by atoms with Gasteiger partial charge >= 0.3 is 0 Å². The maximum atomic E-state index is 12.2. The molecule has 0 bridgehead atoms. The van der Waals surface area contributed by atoms with Crippen molar-refractivity contribution in [3.8, 4) is 5.75 Å². The zero-order valence-electron chi connectivity index (χ0n) is 11.7. The Morgan fingerprint density at radius 3 is 2.72 bits per heavy atom. The minimum atomic E-state index is 0.219. The first-order valence-corrected chi connectivity index (χ1v) is 6.86. The zero-order chi connectivity index (χ0) is 13.4. The first-order chi connectivity index (χ1) is 8.71. The summed E-state index contributed by atoms with van der Waals surface area (Å²) in [7, 11) is 1.65. The average Bonchev–Trinajstić information content (AvgIpc) is 2.40. The number of hydrogen-bond donors (Lipinski definition) is 0. The van der Waals surface area contributed by atoms with Crippen LogP contribution in [0.4, 0.5) is 0 Å². The number of benzene rings is 1. The summed E-state index contributed by atoms with van der Waals surface area (Å²) in [5.74, 6) is 1.40. The number of methoxy groups -OCH3 is 1. The molecule has 1 rings (SSSR count). The molecular weight excluding hydrogens is 224 g/mol. The van der Waals surface area contributed by atoms with Gasteiger partial charge in [-0.1, -0.05) is 38.8 Å². The van der Waals surface area contributed by atoms with Crippen molar-refractivity contribution in [2.45, 2.75) is 46.0 Å². The SMILES string of the molecule is CCCCC(CC)C(=O)Cc1cccc(OC)c1. The van der Waals surface area contributed by atoms with E-state index in [4.69, 9.17) is 4.74 Å². The second-order valence-electron chi connectivity index (χ2n) is 4.74. The van der Waals surface area contributed by atoms with Crippen molar-refractivity contribution < 1.29 is 9.53 Å². The van der Waals surface area contributed by atoms with Gasteiger partial charge in [-0.05, 0) is 30.5 Å². The van der Waals surface area contributed by atoms with Gasteiger partial charge < -0.3 is 4.74 Å². The fourth-order valence-corrected chi connectivity index (χ4v) is 2.17. The van der Waals surface area contributed by atoms with Crippen LogP contribution in [0.1, 0.15) is 45.1 Å². The lowest BCUT2D eigenvalue weighted by molar-refractivity contribution is -0.122. The van der Waals surface area contributed by atoms with Crippen LogP contribution >= 0.6 is 0 Å². The standard InChI is InChI=1S/C16H24O2/c1-4-6-9-14(5-2)16(17)12-13-8-7-10-15(11-13)18-3/h7-8,10-11,14H,4-6,9,12H2,1-3H3. The van der Waals surface area contributed by atoms with Crippen LogP contribution in [-0.2, 0) is 11.2 Å². The minimum Gasteiger partial charge on any atom is -0.497 e. The van der Waals surface area contributed by atoms with Gasteiger partial charge in [0.1, 0.15) is 11.5 Å². The molecule has 1 unspecified atom stereocenters. The molecule has 0 radical (unpaired) electrons. The molecule has 18 heavy (non-hydrogen) atoms. The molecule has 0 aliphatic carbocycles. The highest BCUT2D eigenvalue weighted by Gasteiger charge is 2.16. The van der Waals surface area contributed by atoms with Gasteiger partial charge in [-0.2, -0.15) is 0 Å². The molecule has 2 heteroatoms. The van der Waals surface area contributed by atoms with E-state index in [0.717, 1.165) is 37.0 Å². The predicted octanol–water partition coefficient (Wildman–Crippen LogP) is 4.02. The van der Waals surface area contributed by atoms with E-state index in [1.165, 1.54) is 0 Å². The van der Waals surface area contributed by atoms with Crippen LogP contribution in [0.2, 0.25) is 0 Å². The highest BCUT2D eigenvalue weighted by molar-refractivity contribution is 5.83. The van der Waals surface area contributed by atoms with Crippen molar-refractivity contribution in [1.29, 1.82) is 0 Å². The van der Waals surface area contributed by atoms with Crippen molar-refractivity contribution in [2.24, 2.45) is 5.92 Å². The van der Waals surface area contributed by atoms with Gasteiger partial charge in [-0.25, -0.2) is 0 Å². The van der Waals surface area contributed by atoms with Crippen molar-refractivity contribution in [3.63, 3.8) is 0 Å². The summed E-state index contributed by atoms with van der Waals surface area (Å²) in [6.45, 7) is 4.27. The third-order valence-corrected chi connectivity index (χ3v) is 3.37. The number of unbranched alkanes of at least 4 members (excludes halogenated alkanes) is 1. The number of ether oxygens (including phenoxy) is 1. The van der Waals surface area contributed by atoms with E-state index in [-0.39, 0.29) is 5.92 Å². The lowest BCUT2D eigenvalue weighted by atomic mass is 9.91. The van der Waals surface area contributed by atoms with Crippen LogP contribution in [0.25, 0.3) is 0 Å². The lowest BCUT2D eigenvalue weighted by Gasteiger charge is -2.13. The number of rotatable bonds is 8. The van der Waals surface area contributed by atoms with E-state index < -0.39 is 0 Å². The molecule has 1 aromatic rings. The van der Waals surface area contributed by atoms with Crippen LogP contribution in [0.3, 0.4) is 0 Å². The molecule has 0 fully saturated rings. The number of ketones is 1. The van der Waals surface area contributed by atoms with Crippen molar-refractivity contribution >= 4 is 5.78 Å². The van der Waals surface area contributed by atoms with E-state index in [1.807, 2.05) is 24.3 Å². The van der Waals surface area contributed by atoms with Crippen LogP contribution < -0.4 is 4.74 Å². The van der Waals surface area contributed by atoms with Crippen molar-refractivity contribution in [1.82, 2.24) is 0 Å². The normalized spacial score (nSPS) is 12.2. The van der Waals surface area contributed by atoms with Gasteiger partial charge in [-0.3, -0.25) is 4.79 Å². The third kappa shape index (κ3) is 4.52. The quantitative estimate of drug-likeness (QED) is 0.694. The van der Waals surface area contributed by atoms with Crippen LogP contribution in [0, 0.1) is 5.92 Å². The largest absolute Gasteiger partial charge is 0.497 e. The van der Waals surface area contributed by atoms with Crippen molar-refractivity contribution in [2.75, 3.05) is 7.11 Å². The molecule has 0 aliphatic heterocycles. The fourth-order valence-electron chi connectivity index (χ4n) is 2.17. The molecule has 1 aromatic carbocycles. The minimum absolute atomic E-state index is 0.219. The van der Waals surface area contributed by atoms with E-state index in [1.54, 1.807) is 7.11 Å². The Labute approximate surface area is 110 Å². The number of carbonyl (C=O) groups excluding carboxylic acids is 1. The Balaban J connectivity index is 2.61. The second-order valence-corrected chi connectivity index (χ2v) is 4.74. The Bertz CT molecular complexity index is 371. The smallest absolute Gasteiger partial charge is 0.140 e. The third-order valence-electron chi connectivity index (χ3n) is 3.37. The van der Waals surface area contributed by atoms with E-state index in [0.29, 0.717) is 12.2 Å². The maximum Gasteiger partial charge on any atom is 0.140 e. The second kappa shape index (κ2) is 7.91. The Morgan fingerprint density at radius 2 is 2.11 bits per heavy atom. The van der Waals surface area contributed by atoms with Crippen LogP contribution in [0.5, 0.6) is 5.75 Å². The van der Waals surface area contributed by atoms with Gasteiger partial charge in [-0.15, -0.1) is 0 Å². The molecule has 0 aliphatic rings. The number of Topliss-reactive ketones (excluding diaryl/α,β-unsaturated/α-hetero) is 1. The maximum absolute atomic E-state index is 12.2. The lowest BCUT2D eigenvalue weighted by Crippen LogP contribution is -2.16. The molecule has 0 heterocycles. The molecule has 2 nitrogen and oxygen atoms in total. The van der Waals surface area contributed by atoms with Gasteiger partial charge in [0, 0.05) is 12.3 Å². The molecule has 100 valence electrons. The summed E-state index contributed by atoms with van der Waals surface area (Å²) in [6, 6.07) is 7.79. The molecule has 0 saturated carbocycles. The molecule has 0 amide bonds. The monoisotopic (exact) mass is 248 g/mol. The Hall–Kier alpha value is -1.31. The molecule has 0 N–H and O–H groups in total. The highest BCUT2D eigenvalue weighted by Crippen LogP contribution is 2.18. The topological polar surface area (TPSA) is 26.3 Å². The summed E-state index contributed by atoms with van der Waals surface area (Å²) >= 11 is 0. The predicted molar refractivity (Wildman–Crippen MR) is 75.0 cm³/mol. The van der Waals surface area contributed by atoms with Crippen molar-refractivity contribution in [3.05, 3.63) is 29.8 Å². The van der Waals surface area contributed by atoms with E-state index >= 15 is 0 Å². The summed E-state index contributed by atoms with van der Waals surface area (Å²) in [5.41, 5.74) is 1.05. The first-order valence-electron chi connectivity index (χ1n) is 6.86. The first kappa shape index (κ1) is 14.7. The van der Waals surface area contributed by atoms with E-state index in [2.05, 4.69) is 13.8 Å². The number of hydrogen-bond acceptors (Lipinski definition) is 2. The average molecular weight is 248 g/mol. The molecule has 0 aromatic heterocycles. The van der Waals surface area contributed by atoms with Gasteiger partial charge in [0.15, 0.2) is 0 Å². The van der Waals surface area contributed by atoms with Crippen LogP contribution in [0.15, 0.2) is 24.3 Å². The van der Waals surface area contributed by atoms with Gasteiger partial charge in [0.2, 0.25) is 0 Å². The number of carbonyl (C=O) groups is 1. The Kier molecular flexibility index (Phi) is 6.48. The summed E-state index contributed by atoms with van der Waals surface area (Å²) in [5, 5.41) is 0. The highest BCUT2D eigenvalue weighted by atomic mass is 16.5. The van der Waals surface area contributed by atoms with Gasteiger partial charge in [0.25, 0.3) is 0 Å². The summed E-state index contributed by atoms with van der Waals surface area (Å²) in [4.78, 5) is 12.2. The van der Waals surface area contributed by atoms with Gasteiger partial charge in [0.05, 0.1) is 7.11 Å². The van der Waals surface area contributed by atoms with Crippen LogP contribution in [-0.4, -0.2) is 12.9 Å². The zero-order valence-corrected chi connectivity index (χ0v) is 11.7. The molecule has 0 saturated heterocycles. The Morgan fingerprint density at radius 1 is 1.33 bits per heavy atom. The molecule has 0 spiro atoms. The van der Waals surface area contributed by atoms with E-state index in [9.17, 15) is 4.79 Å².